The van der Waals surface area contributed by atoms with Crippen molar-refractivity contribution in [2.24, 2.45) is 0 Å². The predicted molar refractivity (Wildman–Crippen MR) is 118 cm³/mol. The standard InChI is InChI=1S/C23H22N2O4S/c1-3-25(4-2)30(27,28)18-12-10-17(11-13-18)24-23(26)22-15-20-19-8-6-5-7-16(19)9-14-21(20)29-22/h5-15H,3-4H2,1-2H3,(H,24,26). The Bertz CT molecular complexity index is 1320. The molecule has 6 nitrogen and oxygen atoms in total. The molecule has 0 saturated carbocycles. The highest BCUT2D eigenvalue weighted by atomic mass is 32.2. The Morgan fingerprint density at radius 2 is 1.63 bits per heavy atom. The Morgan fingerprint density at radius 1 is 0.933 bits per heavy atom. The number of carbonyl (C=O) groups is 1. The molecule has 0 radical (unpaired) electrons. The average Bonchev–Trinajstić information content (AvgIpc) is 3.20. The second kappa shape index (κ2) is 7.93. The summed E-state index contributed by atoms with van der Waals surface area (Å²) in [7, 11) is -3.53. The molecule has 3 aromatic carbocycles. The highest BCUT2D eigenvalue weighted by molar-refractivity contribution is 7.89. The van der Waals surface area contributed by atoms with Gasteiger partial charge in [-0.2, -0.15) is 4.31 Å². The van der Waals surface area contributed by atoms with Crippen molar-refractivity contribution < 1.29 is 17.6 Å². The molecule has 0 aliphatic carbocycles. The first kappa shape index (κ1) is 20.1. The number of hydrogen-bond acceptors (Lipinski definition) is 4. The van der Waals surface area contributed by atoms with Gasteiger partial charge in [-0.25, -0.2) is 8.42 Å². The summed E-state index contributed by atoms with van der Waals surface area (Å²) in [5, 5.41) is 5.73. The van der Waals surface area contributed by atoms with E-state index in [4.69, 9.17) is 4.42 Å². The van der Waals surface area contributed by atoms with Crippen LogP contribution in [0.15, 0.2) is 76.0 Å². The fraction of sp³-hybridized carbons (Fsp3) is 0.174. The molecule has 0 atom stereocenters. The second-order valence-electron chi connectivity index (χ2n) is 6.88. The lowest BCUT2D eigenvalue weighted by Gasteiger charge is -2.18. The smallest absolute Gasteiger partial charge is 0.291 e. The van der Waals surface area contributed by atoms with Crippen LogP contribution >= 0.6 is 0 Å². The monoisotopic (exact) mass is 422 g/mol. The van der Waals surface area contributed by atoms with Crippen molar-refractivity contribution in [1.29, 1.82) is 0 Å². The summed E-state index contributed by atoms with van der Waals surface area (Å²) in [6, 6.07) is 19.6. The number of fused-ring (bicyclic) bond motifs is 3. The van der Waals surface area contributed by atoms with Gasteiger partial charge in [-0.3, -0.25) is 4.79 Å². The van der Waals surface area contributed by atoms with Crippen LogP contribution in [0.4, 0.5) is 5.69 Å². The molecule has 4 rings (SSSR count). The summed E-state index contributed by atoms with van der Waals surface area (Å²) >= 11 is 0. The number of furan rings is 1. The molecule has 7 heteroatoms. The maximum absolute atomic E-state index is 12.7. The number of nitrogens with one attached hydrogen (secondary N) is 1. The van der Waals surface area contributed by atoms with Gasteiger partial charge < -0.3 is 9.73 Å². The Labute approximate surface area is 175 Å². The molecular weight excluding hydrogens is 400 g/mol. The molecular formula is C23H22N2O4S. The minimum absolute atomic E-state index is 0.194. The lowest BCUT2D eigenvalue weighted by Crippen LogP contribution is -2.30. The van der Waals surface area contributed by atoms with E-state index in [2.05, 4.69) is 5.32 Å². The molecule has 0 fully saturated rings. The summed E-state index contributed by atoms with van der Waals surface area (Å²) in [5.74, 6) is -0.198. The van der Waals surface area contributed by atoms with E-state index in [0.29, 0.717) is 24.4 Å². The zero-order valence-electron chi connectivity index (χ0n) is 16.8. The van der Waals surface area contributed by atoms with Gasteiger partial charge in [0.05, 0.1) is 4.90 Å². The topological polar surface area (TPSA) is 79.6 Å². The van der Waals surface area contributed by atoms with Crippen LogP contribution in [-0.2, 0) is 10.0 Å². The van der Waals surface area contributed by atoms with Gasteiger partial charge in [0.2, 0.25) is 10.0 Å². The predicted octanol–water partition coefficient (Wildman–Crippen LogP) is 4.87. The summed E-state index contributed by atoms with van der Waals surface area (Å²) in [4.78, 5) is 12.9. The third-order valence-electron chi connectivity index (χ3n) is 5.11. The number of benzene rings is 3. The zero-order valence-corrected chi connectivity index (χ0v) is 17.6. The van der Waals surface area contributed by atoms with Crippen molar-refractivity contribution in [2.75, 3.05) is 18.4 Å². The van der Waals surface area contributed by atoms with Gasteiger partial charge in [0.1, 0.15) is 5.58 Å². The van der Waals surface area contributed by atoms with Crippen molar-refractivity contribution >= 4 is 43.4 Å². The van der Waals surface area contributed by atoms with Crippen molar-refractivity contribution in [3.05, 3.63) is 72.5 Å². The number of rotatable bonds is 6. The van der Waals surface area contributed by atoms with Crippen LogP contribution in [0.2, 0.25) is 0 Å². The average molecular weight is 423 g/mol. The zero-order chi connectivity index (χ0) is 21.3. The van der Waals surface area contributed by atoms with Gasteiger partial charge in [-0.05, 0) is 47.2 Å². The van der Waals surface area contributed by atoms with Gasteiger partial charge in [0, 0.05) is 24.2 Å². The molecule has 1 aromatic heterocycles. The number of sulfonamides is 1. The van der Waals surface area contributed by atoms with E-state index < -0.39 is 15.9 Å². The van der Waals surface area contributed by atoms with Crippen molar-refractivity contribution in [2.45, 2.75) is 18.7 Å². The van der Waals surface area contributed by atoms with Gasteiger partial charge >= 0.3 is 0 Å². The molecule has 0 saturated heterocycles. The van der Waals surface area contributed by atoms with Crippen molar-refractivity contribution in [1.82, 2.24) is 4.31 Å². The molecule has 154 valence electrons. The fourth-order valence-corrected chi connectivity index (χ4v) is 4.98. The van der Waals surface area contributed by atoms with Gasteiger partial charge in [-0.1, -0.05) is 44.2 Å². The summed E-state index contributed by atoms with van der Waals surface area (Å²) in [5.41, 5.74) is 1.13. The molecule has 0 bridgehead atoms. The first-order valence-electron chi connectivity index (χ1n) is 9.77. The van der Waals surface area contributed by atoms with Crippen LogP contribution < -0.4 is 5.32 Å². The van der Waals surface area contributed by atoms with Crippen LogP contribution in [-0.4, -0.2) is 31.7 Å². The van der Waals surface area contributed by atoms with E-state index in [9.17, 15) is 13.2 Å². The Balaban J connectivity index is 1.58. The van der Waals surface area contributed by atoms with Crippen LogP contribution in [0.1, 0.15) is 24.4 Å². The maximum atomic E-state index is 12.7. The molecule has 0 aliphatic rings. The fourth-order valence-electron chi connectivity index (χ4n) is 3.52. The summed E-state index contributed by atoms with van der Waals surface area (Å²) in [6.07, 6.45) is 0. The van der Waals surface area contributed by atoms with Crippen LogP contribution in [0.3, 0.4) is 0 Å². The van der Waals surface area contributed by atoms with Crippen LogP contribution in [0.5, 0.6) is 0 Å². The van der Waals surface area contributed by atoms with Gasteiger partial charge in [0.25, 0.3) is 5.91 Å². The first-order chi connectivity index (χ1) is 14.4. The number of anilines is 1. The molecule has 0 unspecified atom stereocenters. The normalized spacial score (nSPS) is 12.0. The van der Waals surface area contributed by atoms with Crippen molar-refractivity contribution in [3.63, 3.8) is 0 Å². The van der Waals surface area contributed by atoms with E-state index in [1.54, 1.807) is 32.0 Å². The summed E-state index contributed by atoms with van der Waals surface area (Å²) < 4.78 is 32.3. The minimum Gasteiger partial charge on any atom is -0.451 e. The third-order valence-corrected chi connectivity index (χ3v) is 7.17. The van der Waals surface area contributed by atoms with Crippen LogP contribution in [0, 0.1) is 0 Å². The van der Waals surface area contributed by atoms with Crippen molar-refractivity contribution in [3.8, 4) is 0 Å². The Morgan fingerprint density at radius 3 is 2.33 bits per heavy atom. The van der Waals surface area contributed by atoms with E-state index in [0.717, 1.165) is 16.2 Å². The third kappa shape index (κ3) is 3.58. The maximum Gasteiger partial charge on any atom is 0.291 e. The molecule has 4 aromatic rings. The lowest BCUT2D eigenvalue weighted by molar-refractivity contribution is 0.0998. The largest absolute Gasteiger partial charge is 0.451 e. The second-order valence-corrected chi connectivity index (χ2v) is 8.81. The molecule has 1 amide bonds. The quantitative estimate of drug-likeness (QED) is 0.481. The van der Waals surface area contributed by atoms with Gasteiger partial charge in [-0.15, -0.1) is 0 Å². The Hall–Kier alpha value is -3.16. The number of amides is 1. The van der Waals surface area contributed by atoms with Gasteiger partial charge in [0.15, 0.2) is 5.76 Å². The number of hydrogen-bond donors (Lipinski definition) is 1. The lowest BCUT2D eigenvalue weighted by atomic mass is 10.1. The Kier molecular flexibility index (Phi) is 5.32. The van der Waals surface area contributed by atoms with E-state index in [1.165, 1.54) is 16.4 Å². The minimum atomic E-state index is -3.53. The van der Waals surface area contributed by atoms with E-state index in [-0.39, 0.29) is 10.7 Å². The highest BCUT2D eigenvalue weighted by Crippen LogP contribution is 2.28. The number of nitrogens with zero attached hydrogens (tertiary/aromatic N) is 1. The SMILES string of the molecule is CCN(CC)S(=O)(=O)c1ccc(NC(=O)c2cc3c(ccc4ccccc43)o2)cc1. The van der Waals surface area contributed by atoms with Crippen LogP contribution in [0.25, 0.3) is 21.7 Å². The molecule has 0 spiro atoms. The number of carbonyl (C=O) groups excluding carboxylic acids is 1. The molecule has 1 N–H and O–H groups in total. The molecule has 1 heterocycles. The first-order valence-corrected chi connectivity index (χ1v) is 11.2. The summed E-state index contributed by atoms with van der Waals surface area (Å²) in [6.45, 7) is 4.40. The van der Waals surface area contributed by atoms with E-state index in [1.807, 2.05) is 36.4 Å². The molecule has 0 aliphatic heterocycles. The highest BCUT2D eigenvalue weighted by Gasteiger charge is 2.21. The molecule has 30 heavy (non-hydrogen) atoms. The van der Waals surface area contributed by atoms with E-state index >= 15 is 0 Å².